The molecule has 0 aromatic rings. The molecule has 1 amide bonds. The second-order valence-corrected chi connectivity index (χ2v) is 5.67. The molecule has 0 spiro atoms. The molecule has 0 radical (unpaired) electrons. The Labute approximate surface area is 103 Å². The average molecular weight is 244 g/mol. The SMILES string of the molecule is CN(CCCCCCl)C(=O)C1C2CCCC21. The van der Waals surface area contributed by atoms with E-state index >= 15 is 0 Å². The van der Waals surface area contributed by atoms with Gasteiger partial charge in [-0.25, -0.2) is 0 Å². The van der Waals surface area contributed by atoms with Gasteiger partial charge in [-0.1, -0.05) is 12.8 Å². The summed E-state index contributed by atoms with van der Waals surface area (Å²) in [4.78, 5) is 14.0. The van der Waals surface area contributed by atoms with Crippen molar-refractivity contribution in [1.29, 1.82) is 0 Å². The van der Waals surface area contributed by atoms with Crippen molar-refractivity contribution in [3.63, 3.8) is 0 Å². The van der Waals surface area contributed by atoms with Gasteiger partial charge in [0.05, 0.1) is 0 Å². The lowest BCUT2D eigenvalue weighted by atomic mass is 10.1. The van der Waals surface area contributed by atoms with Crippen LogP contribution in [-0.4, -0.2) is 30.3 Å². The number of nitrogens with zero attached hydrogens (tertiary/aromatic N) is 1. The number of fused-ring (bicyclic) bond motifs is 1. The summed E-state index contributed by atoms with van der Waals surface area (Å²) in [5, 5.41) is 0. The van der Waals surface area contributed by atoms with E-state index in [-0.39, 0.29) is 0 Å². The summed E-state index contributed by atoms with van der Waals surface area (Å²) < 4.78 is 0. The third kappa shape index (κ3) is 2.53. The summed E-state index contributed by atoms with van der Waals surface area (Å²) in [7, 11) is 1.96. The first-order valence-corrected chi connectivity index (χ1v) is 7.10. The molecule has 0 N–H and O–H groups in total. The van der Waals surface area contributed by atoms with Gasteiger partial charge in [0.25, 0.3) is 0 Å². The predicted octanol–water partition coefficient (Wildman–Crippen LogP) is 2.90. The van der Waals surface area contributed by atoms with Crippen molar-refractivity contribution < 1.29 is 4.79 Å². The van der Waals surface area contributed by atoms with Crippen LogP contribution >= 0.6 is 11.6 Å². The number of amides is 1. The van der Waals surface area contributed by atoms with E-state index in [1.165, 1.54) is 19.3 Å². The number of carbonyl (C=O) groups is 1. The first-order chi connectivity index (χ1) is 7.75. The molecule has 16 heavy (non-hydrogen) atoms. The largest absolute Gasteiger partial charge is 0.346 e. The summed E-state index contributed by atoms with van der Waals surface area (Å²) in [6.07, 6.45) is 7.23. The van der Waals surface area contributed by atoms with Crippen molar-refractivity contribution in [1.82, 2.24) is 4.90 Å². The van der Waals surface area contributed by atoms with Crippen molar-refractivity contribution in [2.45, 2.75) is 38.5 Å². The van der Waals surface area contributed by atoms with E-state index in [0.29, 0.717) is 11.8 Å². The van der Waals surface area contributed by atoms with Crippen LogP contribution in [-0.2, 0) is 4.79 Å². The fraction of sp³-hybridized carbons (Fsp3) is 0.923. The Balaban J connectivity index is 1.65. The van der Waals surface area contributed by atoms with E-state index in [1.807, 2.05) is 11.9 Å². The molecule has 3 heteroatoms. The molecule has 2 aliphatic rings. The van der Waals surface area contributed by atoms with Crippen LogP contribution in [0, 0.1) is 17.8 Å². The van der Waals surface area contributed by atoms with Crippen LogP contribution < -0.4 is 0 Å². The van der Waals surface area contributed by atoms with Crippen LogP contribution in [0.15, 0.2) is 0 Å². The molecule has 0 aliphatic heterocycles. The Hall–Kier alpha value is -0.240. The highest BCUT2D eigenvalue weighted by atomic mass is 35.5. The Morgan fingerprint density at radius 2 is 1.94 bits per heavy atom. The lowest BCUT2D eigenvalue weighted by Gasteiger charge is -2.18. The fourth-order valence-corrected chi connectivity index (χ4v) is 3.36. The molecule has 2 nitrogen and oxygen atoms in total. The molecule has 2 rings (SSSR count). The van der Waals surface area contributed by atoms with E-state index in [1.54, 1.807) is 0 Å². The summed E-state index contributed by atoms with van der Waals surface area (Å²) in [6, 6.07) is 0. The quantitative estimate of drug-likeness (QED) is 0.519. The maximum Gasteiger partial charge on any atom is 0.226 e. The number of alkyl halides is 1. The van der Waals surface area contributed by atoms with Gasteiger partial charge in [0, 0.05) is 25.4 Å². The van der Waals surface area contributed by atoms with Crippen LogP contribution in [0.3, 0.4) is 0 Å². The van der Waals surface area contributed by atoms with E-state index in [2.05, 4.69) is 0 Å². The molecule has 0 aromatic heterocycles. The number of carbonyl (C=O) groups excluding carboxylic acids is 1. The highest BCUT2D eigenvalue weighted by Gasteiger charge is 2.57. The topological polar surface area (TPSA) is 20.3 Å². The Morgan fingerprint density at radius 1 is 1.25 bits per heavy atom. The normalized spacial score (nSPS) is 31.2. The third-order valence-corrected chi connectivity index (χ3v) is 4.46. The number of hydrogen-bond donors (Lipinski definition) is 0. The minimum absolute atomic E-state index is 0.395. The number of rotatable bonds is 6. The molecule has 0 heterocycles. The molecule has 2 fully saturated rings. The minimum atomic E-state index is 0.395. The second kappa shape index (κ2) is 5.39. The van der Waals surface area contributed by atoms with Crippen LogP contribution in [0.1, 0.15) is 38.5 Å². The summed E-state index contributed by atoms with van der Waals surface area (Å²) >= 11 is 5.62. The first kappa shape index (κ1) is 12.2. The molecule has 2 saturated carbocycles. The van der Waals surface area contributed by atoms with Crippen LogP contribution in [0.5, 0.6) is 0 Å². The zero-order valence-corrected chi connectivity index (χ0v) is 10.9. The summed E-state index contributed by atoms with van der Waals surface area (Å²) in [6.45, 7) is 0.908. The number of halogens is 1. The Bertz CT molecular complexity index is 246. The van der Waals surface area contributed by atoms with Crippen molar-refractivity contribution in [3.8, 4) is 0 Å². The van der Waals surface area contributed by atoms with E-state index in [9.17, 15) is 4.79 Å². The smallest absolute Gasteiger partial charge is 0.226 e. The van der Waals surface area contributed by atoms with Crippen molar-refractivity contribution >= 4 is 17.5 Å². The van der Waals surface area contributed by atoms with Gasteiger partial charge in [-0.15, -0.1) is 11.6 Å². The molecular weight excluding hydrogens is 222 g/mol. The second-order valence-electron chi connectivity index (χ2n) is 5.29. The lowest BCUT2D eigenvalue weighted by Crippen LogP contribution is -2.30. The third-order valence-electron chi connectivity index (χ3n) is 4.20. The van der Waals surface area contributed by atoms with E-state index in [0.717, 1.165) is 43.5 Å². The van der Waals surface area contributed by atoms with Crippen LogP contribution in [0.25, 0.3) is 0 Å². The maximum atomic E-state index is 12.1. The fourth-order valence-electron chi connectivity index (χ4n) is 3.17. The van der Waals surface area contributed by atoms with Gasteiger partial charge in [-0.05, 0) is 37.5 Å². The van der Waals surface area contributed by atoms with Crippen molar-refractivity contribution in [2.24, 2.45) is 17.8 Å². The van der Waals surface area contributed by atoms with Gasteiger partial charge >= 0.3 is 0 Å². The van der Waals surface area contributed by atoms with Gasteiger partial charge in [-0.3, -0.25) is 4.79 Å². The van der Waals surface area contributed by atoms with Gasteiger partial charge in [0.1, 0.15) is 0 Å². The van der Waals surface area contributed by atoms with Gasteiger partial charge < -0.3 is 4.90 Å². The van der Waals surface area contributed by atoms with Crippen LogP contribution in [0.2, 0.25) is 0 Å². The van der Waals surface area contributed by atoms with Crippen molar-refractivity contribution in [3.05, 3.63) is 0 Å². The summed E-state index contributed by atoms with van der Waals surface area (Å²) in [5.74, 6) is 3.03. The summed E-state index contributed by atoms with van der Waals surface area (Å²) in [5.41, 5.74) is 0. The zero-order valence-electron chi connectivity index (χ0n) is 10.1. The molecule has 2 unspecified atom stereocenters. The molecule has 2 atom stereocenters. The Morgan fingerprint density at radius 3 is 2.56 bits per heavy atom. The Kier molecular flexibility index (Phi) is 4.12. The highest BCUT2D eigenvalue weighted by molar-refractivity contribution is 6.17. The van der Waals surface area contributed by atoms with E-state index in [4.69, 9.17) is 11.6 Å². The standard InChI is InChI=1S/C13H22ClNO/c1-15(9-4-2-3-8-14)13(16)12-10-6-5-7-11(10)12/h10-12H,2-9H2,1H3. The lowest BCUT2D eigenvalue weighted by molar-refractivity contribution is -0.132. The number of unbranched alkanes of at least 4 members (excludes halogenated alkanes) is 2. The van der Waals surface area contributed by atoms with Gasteiger partial charge in [-0.2, -0.15) is 0 Å². The molecule has 92 valence electrons. The molecule has 0 aromatic carbocycles. The van der Waals surface area contributed by atoms with Gasteiger partial charge in [0.15, 0.2) is 0 Å². The monoisotopic (exact) mass is 243 g/mol. The highest BCUT2D eigenvalue weighted by Crippen LogP contribution is 2.57. The predicted molar refractivity (Wildman–Crippen MR) is 66.5 cm³/mol. The zero-order chi connectivity index (χ0) is 11.5. The molecular formula is C13H22ClNO. The first-order valence-electron chi connectivity index (χ1n) is 6.56. The average Bonchev–Trinajstić information content (AvgIpc) is 2.76. The minimum Gasteiger partial charge on any atom is -0.346 e. The van der Waals surface area contributed by atoms with E-state index < -0.39 is 0 Å². The number of hydrogen-bond acceptors (Lipinski definition) is 1. The molecule has 0 bridgehead atoms. The molecule has 0 saturated heterocycles. The van der Waals surface area contributed by atoms with Crippen LogP contribution in [0.4, 0.5) is 0 Å². The van der Waals surface area contributed by atoms with Gasteiger partial charge in [0.2, 0.25) is 5.91 Å². The molecule has 2 aliphatic carbocycles. The van der Waals surface area contributed by atoms with Crippen molar-refractivity contribution in [2.75, 3.05) is 19.5 Å². The maximum absolute atomic E-state index is 12.1.